The summed E-state index contributed by atoms with van der Waals surface area (Å²) < 4.78 is 26.4. The van der Waals surface area contributed by atoms with E-state index in [9.17, 15) is 13.6 Å². The van der Waals surface area contributed by atoms with Crippen molar-refractivity contribution in [2.24, 2.45) is 0 Å². The molecule has 1 N–H and O–H groups in total. The van der Waals surface area contributed by atoms with Gasteiger partial charge in [0.15, 0.2) is 0 Å². The summed E-state index contributed by atoms with van der Waals surface area (Å²) in [5.74, 6) is -1.60. The van der Waals surface area contributed by atoms with Crippen molar-refractivity contribution in [3.8, 4) is 0 Å². The quantitative estimate of drug-likeness (QED) is 0.947. The number of amides is 1. The fraction of sp³-hybridized carbons (Fsp3) is 0.267. The van der Waals surface area contributed by atoms with E-state index < -0.39 is 17.5 Å². The highest BCUT2D eigenvalue weighted by Crippen LogP contribution is 2.18. The molecule has 1 aliphatic rings. The zero-order chi connectivity index (χ0) is 15.5. The Morgan fingerprint density at radius 3 is 2.68 bits per heavy atom. The van der Waals surface area contributed by atoms with Gasteiger partial charge in [0.25, 0.3) is 5.91 Å². The van der Waals surface area contributed by atoms with E-state index in [0.717, 1.165) is 32.0 Å². The van der Waals surface area contributed by atoms with Crippen molar-refractivity contribution in [3.05, 3.63) is 47.8 Å². The maximum absolute atomic E-state index is 13.6. The summed E-state index contributed by atoms with van der Waals surface area (Å²) in [7, 11) is 0. The highest BCUT2D eigenvalue weighted by atomic mass is 19.1. The maximum atomic E-state index is 13.6. The third-order valence-corrected chi connectivity index (χ3v) is 3.44. The van der Waals surface area contributed by atoms with Crippen LogP contribution in [0.25, 0.3) is 0 Å². The van der Waals surface area contributed by atoms with Crippen molar-refractivity contribution in [1.29, 1.82) is 0 Å². The Labute approximate surface area is 126 Å². The molecule has 0 saturated carbocycles. The van der Waals surface area contributed by atoms with Crippen LogP contribution in [-0.2, 0) is 0 Å². The van der Waals surface area contributed by atoms with Crippen LogP contribution in [0.2, 0.25) is 0 Å². The third kappa shape index (κ3) is 3.03. The normalized spacial score (nSPS) is 14.2. The molecule has 0 bridgehead atoms. The smallest absolute Gasteiger partial charge is 0.274 e. The first-order valence-corrected chi connectivity index (χ1v) is 6.98. The molecular formula is C15H14F2N4O. The Kier molecular flexibility index (Phi) is 3.95. The van der Waals surface area contributed by atoms with Gasteiger partial charge in [-0.1, -0.05) is 0 Å². The Balaban J connectivity index is 1.78. The monoisotopic (exact) mass is 304 g/mol. The number of halogens is 2. The molecule has 1 saturated heterocycles. The number of anilines is 2. The fourth-order valence-corrected chi connectivity index (χ4v) is 2.32. The largest absolute Gasteiger partial charge is 0.341 e. The Morgan fingerprint density at radius 2 is 1.95 bits per heavy atom. The summed E-state index contributed by atoms with van der Waals surface area (Å²) in [6, 6.07) is 4.42. The van der Waals surface area contributed by atoms with E-state index in [4.69, 9.17) is 0 Å². The van der Waals surface area contributed by atoms with Crippen LogP contribution in [0.4, 0.5) is 20.4 Å². The molecule has 22 heavy (non-hydrogen) atoms. The van der Waals surface area contributed by atoms with E-state index in [1.165, 1.54) is 18.3 Å². The van der Waals surface area contributed by atoms with Gasteiger partial charge >= 0.3 is 0 Å². The maximum Gasteiger partial charge on any atom is 0.274 e. The highest BCUT2D eigenvalue weighted by Gasteiger charge is 2.17. The molecule has 1 amide bonds. The van der Waals surface area contributed by atoms with Crippen molar-refractivity contribution in [2.45, 2.75) is 12.8 Å². The van der Waals surface area contributed by atoms with Crippen LogP contribution >= 0.6 is 0 Å². The van der Waals surface area contributed by atoms with Crippen molar-refractivity contribution in [1.82, 2.24) is 9.97 Å². The molecule has 5 nitrogen and oxygen atoms in total. The molecule has 1 aromatic carbocycles. The number of carbonyl (C=O) groups is 1. The van der Waals surface area contributed by atoms with Gasteiger partial charge in [0.1, 0.15) is 17.3 Å². The lowest BCUT2D eigenvalue weighted by molar-refractivity contribution is 0.102. The molecule has 0 spiro atoms. The van der Waals surface area contributed by atoms with E-state index in [2.05, 4.69) is 15.3 Å². The minimum absolute atomic E-state index is 0.0901. The summed E-state index contributed by atoms with van der Waals surface area (Å²) in [4.78, 5) is 22.5. The highest BCUT2D eigenvalue weighted by molar-refractivity contribution is 6.03. The number of hydrogen-bond donors (Lipinski definition) is 1. The molecule has 114 valence electrons. The molecule has 2 heterocycles. The minimum atomic E-state index is -0.831. The summed E-state index contributed by atoms with van der Waals surface area (Å²) in [6.07, 6.45) is 3.64. The van der Waals surface area contributed by atoms with Gasteiger partial charge < -0.3 is 10.2 Å². The molecule has 0 unspecified atom stereocenters. The molecule has 0 atom stereocenters. The molecule has 1 fully saturated rings. The van der Waals surface area contributed by atoms with Gasteiger partial charge in [-0.2, -0.15) is 0 Å². The van der Waals surface area contributed by atoms with Crippen LogP contribution < -0.4 is 10.2 Å². The first-order chi connectivity index (χ1) is 10.6. The molecule has 0 aliphatic carbocycles. The van der Waals surface area contributed by atoms with Crippen LogP contribution in [0.15, 0.2) is 30.5 Å². The number of nitrogens with one attached hydrogen (secondary N) is 1. The van der Waals surface area contributed by atoms with Crippen LogP contribution in [0.3, 0.4) is 0 Å². The van der Waals surface area contributed by atoms with Gasteiger partial charge in [-0.15, -0.1) is 0 Å². The van der Waals surface area contributed by atoms with Gasteiger partial charge in [0.2, 0.25) is 5.95 Å². The second-order valence-corrected chi connectivity index (χ2v) is 5.01. The Morgan fingerprint density at radius 1 is 1.18 bits per heavy atom. The second-order valence-electron chi connectivity index (χ2n) is 5.01. The lowest BCUT2D eigenvalue weighted by Crippen LogP contribution is -2.22. The number of aromatic nitrogens is 2. The first-order valence-electron chi connectivity index (χ1n) is 6.98. The lowest BCUT2D eigenvalue weighted by Gasteiger charge is -2.15. The van der Waals surface area contributed by atoms with Crippen LogP contribution in [0.1, 0.15) is 23.3 Å². The zero-order valence-corrected chi connectivity index (χ0v) is 11.7. The molecule has 1 aliphatic heterocycles. The standard InChI is InChI=1S/C15H14F2N4O/c16-10-3-4-12(11(17)9-10)19-14(22)13-5-6-18-15(20-13)21-7-1-2-8-21/h3-6,9H,1-2,7-8H2,(H,19,22). The van der Waals surface area contributed by atoms with E-state index in [1.54, 1.807) is 0 Å². The van der Waals surface area contributed by atoms with Gasteiger partial charge in [-0.05, 0) is 31.0 Å². The van der Waals surface area contributed by atoms with E-state index in [1.807, 2.05) is 4.90 Å². The average Bonchev–Trinajstić information content (AvgIpc) is 3.04. The summed E-state index contributed by atoms with van der Waals surface area (Å²) in [5, 5.41) is 2.38. The van der Waals surface area contributed by atoms with Crippen LogP contribution in [0, 0.1) is 11.6 Å². The number of benzene rings is 1. The average molecular weight is 304 g/mol. The van der Waals surface area contributed by atoms with E-state index >= 15 is 0 Å². The van der Waals surface area contributed by atoms with Crippen molar-refractivity contribution < 1.29 is 13.6 Å². The van der Waals surface area contributed by atoms with Crippen LogP contribution in [0.5, 0.6) is 0 Å². The van der Waals surface area contributed by atoms with Gasteiger partial charge in [-0.3, -0.25) is 4.79 Å². The third-order valence-electron chi connectivity index (χ3n) is 3.44. The van der Waals surface area contributed by atoms with Gasteiger partial charge in [0.05, 0.1) is 5.69 Å². The predicted octanol–water partition coefficient (Wildman–Crippen LogP) is 2.61. The Hall–Kier alpha value is -2.57. The van der Waals surface area contributed by atoms with E-state index in [0.29, 0.717) is 12.0 Å². The summed E-state index contributed by atoms with van der Waals surface area (Å²) in [5.41, 5.74) is 0.0494. The number of carbonyl (C=O) groups excluding carboxylic acids is 1. The topological polar surface area (TPSA) is 58.1 Å². The van der Waals surface area contributed by atoms with Crippen molar-refractivity contribution in [2.75, 3.05) is 23.3 Å². The molecule has 3 rings (SSSR count). The Bertz CT molecular complexity index is 702. The number of nitrogens with zero attached hydrogens (tertiary/aromatic N) is 3. The zero-order valence-electron chi connectivity index (χ0n) is 11.7. The van der Waals surface area contributed by atoms with Gasteiger partial charge in [0, 0.05) is 25.4 Å². The SMILES string of the molecule is O=C(Nc1ccc(F)cc1F)c1ccnc(N2CCCC2)n1. The predicted molar refractivity (Wildman–Crippen MR) is 77.8 cm³/mol. The summed E-state index contributed by atoms with van der Waals surface area (Å²) >= 11 is 0. The first kappa shape index (κ1) is 14.4. The summed E-state index contributed by atoms with van der Waals surface area (Å²) in [6.45, 7) is 1.72. The van der Waals surface area contributed by atoms with Crippen molar-refractivity contribution in [3.63, 3.8) is 0 Å². The lowest BCUT2D eigenvalue weighted by atomic mass is 10.3. The van der Waals surface area contributed by atoms with E-state index in [-0.39, 0.29) is 11.4 Å². The number of hydrogen-bond acceptors (Lipinski definition) is 4. The van der Waals surface area contributed by atoms with Crippen LogP contribution in [-0.4, -0.2) is 29.0 Å². The van der Waals surface area contributed by atoms with Crippen molar-refractivity contribution >= 4 is 17.5 Å². The second kappa shape index (κ2) is 6.05. The minimum Gasteiger partial charge on any atom is -0.341 e. The molecular weight excluding hydrogens is 290 g/mol. The van der Waals surface area contributed by atoms with Gasteiger partial charge in [-0.25, -0.2) is 18.7 Å². The fourth-order valence-electron chi connectivity index (χ4n) is 2.32. The molecule has 1 aromatic heterocycles. The molecule has 0 radical (unpaired) electrons. The molecule has 7 heteroatoms. The molecule has 2 aromatic rings. The number of rotatable bonds is 3.